The molecule has 0 heterocycles. The molecule has 0 aromatic heterocycles. The van der Waals surface area contributed by atoms with Gasteiger partial charge in [-0.3, -0.25) is 14.9 Å². The van der Waals surface area contributed by atoms with E-state index in [0.717, 1.165) is 0 Å². The highest BCUT2D eigenvalue weighted by atomic mass is 16.6. The summed E-state index contributed by atoms with van der Waals surface area (Å²) in [7, 11) is 0. The summed E-state index contributed by atoms with van der Waals surface area (Å²) >= 11 is 0. The van der Waals surface area contributed by atoms with Crippen molar-refractivity contribution in [3.8, 4) is 0 Å². The van der Waals surface area contributed by atoms with Crippen LogP contribution in [0.2, 0.25) is 0 Å². The Kier molecular flexibility index (Phi) is 6.30. The van der Waals surface area contributed by atoms with E-state index in [2.05, 4.69) is 10.6 Å². The molecular formula is C15H24N4O3. The summed E-state index contributed by atoms with van der Waals surface area (Å²) in [6.07, 6.45) is 0.217. The van der Waals surface area contributed by atoms with Gasteiger partial charge < -0.3 is 16.4 Å². The van der Waals surface area contributed by atoms with Crippen LogP contribution >= 0.6 is 0 Å². The lowest BCUT2D eigenvalue weighted by atomic mass is 9.88. The minimum atomic E-state index is -0.452. The zero-order valence-electron chi connectivity index (χ0n) is 13.3. The number of hydrogen-bond acceptors (Lipinski definition) is 5. The lowest BCUT2D eigenvalue weighted by molar-refractivity contribution is -0.384. The van der Waals surface area contributed by atoms with Gasteiger partial charge in [-0.2, -0.15) is 0 Å². The first-order valence-electron chi connectivity index (χ1n) is 7.28. The zero-order valence-corrected chi connectivity index (χ0v) is 13.3. The molecule has 0 aliphatic carbocycles. The number of anilines is 1. The number of nitro benzene ring substituents is 1. The van der Waals surface area contributed by atoms with Crippen LogP contribution < -0.4 is 16.4 Å². The van der Waals surface area contributed by atoms with Gasteiger partial charge in [-0.15, -0.1) is 0 Å². The van der Waals surface area contributed by atoms with Crippen LogP contribution in [0.4, 0.5) is 11.4 Å². The van der Waals surface area contributed by atoms with Gasteiger partial charge >= 0.3 is 0 Å². The van der Waals surface area contributed by atoms with Gasteiger partial charge in [-0.05, 0) is 18.9 Å². The van der Waals surface area contributed by atoms with Crippen LogP contribution in [0.25, 0.3) is 0 Å². The van der Waals surface area contributed by atoms with Crippen molar-refractivity contribution in [2.24, 2.45) is 11.7 Å². The van der Waals surface area contributed by atoms with E-state index in [1.165, 1.54) is 6.07 Å². The molecule has 1 aromatic rings. The lowest BCUT2D eigenvalue weighted by Gasteiger charge is -2.33. The van der Waals surface area contributed by atoms with Crippen LogP contribution in [0.3, 0.4) is 0 Å². The van der Waals surface area contributed by atoms with Crippen LogP contribution in [-0.2, 0) is 4.79 Å². The molecule has 122 valence electrons. The maximum atomic E-state index is 12.0. The number of rotatable bonds is 8. The third-order valence-corrected chi connectivity index (χ3v) is 3.89. The molecule has 4 N–H and O–H groups in total. The Morgan fingerprint density at radius 1 is 1.41 bits per heavy atom. The maximum Gasteiger partial charge on any atom is 0.292 e. The van der Waals surface area contributed by atoms with Gasteiger partial charge in [0.05, 0.1) is 10.5 Å². The third kappa shape index (κ3) is 4.70. The lowest BCUT2D eigenvalue weighted by Crippen LogP contribution is -2.55. The first-order chi connectivity index (χ1) is 10.3. The molecule has 22 heavy (non-hydrogen) atoms. The van der Waals surface area contributed by atoms with E-state index >= 15 is 0 Å². The van der Waals surface area contributed by atoms with Gasteiger partial charge in [-0.25, -0.2) is 0 Å². The van der Waals surface area contributed by atoms with Crippen molar-refractivity contribution in [3.63, 3.8) is 0 Å². The van der Waals surface area contributed by atoms with Gasteiger partial charge in [0.2, 0.25) is 5.91 Å². The minimum Gasteiger partial charge on any atom is -0.379 e. The molecule has 1 amide bonds. The average Bonchev–Trinajstić information content (AvgIpc) is 2.47. The average molecular weight is 308 g/mol. The highest BCUT2D eigenvalue weighted by Gasteiger charge is 2.28. The van der Waals surface area contributed by atoms with Crippen molar-refractivity contribution in [1.82, 2.24) is 5.32 Å². The molecular weight excluding hydrogens is 284 g/mol. The summed E-state index contributed by atoms with van der Waals surface area (Å²) < 4.78 is 0. The largest absolute Gasteiger partial charge is 0.379 e. The number of nitrogens with one attached hydrogen (secondary N) is 2. The highest BCUT2D eigenvalue weighted by molar-refractivity contribution is 5.77. The molecule has 1 unspecified atom stereocenters. The summed E-state index contributed by atoms with van der Waals surface area (Å²) in [6.45, 7) is 6.58. The van der Waals surface area contributed by atoms with E-state index in [1.807, 2.05) is 20.8 Å². The van der Waals surface area contributed by atoms with Crippen molar-refractivity contribution in [3.05, 3.63) is 34.4 Å². The molecule has 7 heteroatoms. The molecule has 0 fully saturated rings. The molecule has 0 radical (unpaired) electrons. The number of benzene rings is 1. The van der Waals surface area contributed by atoms with Crippen molar-refractivity contribution >= 4 is 17.3 Å². The number of nitrogens with two attached hydrogens (primary N) is 1. The monoisotopic (exact) mass is 308 g/mol. The summed E-state index contributed by atoms with van der Waals surface area (Å²) in [5.41, 5.74) is 5.68. The van der Waals surface area contributed by atoms with E-state index in [-0.39, 0.29) is 23.9 Å². The summed E-state index contributed by atoms with van der Waals surface area (Å²) in [4.78, 5) is 22.4. The SMILES string of the molecule is CC(C)C(C)(CN)NC(=O)CCNc1ccccc1[N+](=O)[O-]. The fourth-order valence-corrected chi connectivity index (χ4v) is 1.91. The molecule has 7 nitrogen and oxygen atoms in total. The summed E-state index contributed by atoms with van der Waals surface area (Å²) in [6, 6.07) is 6.35. The topological polar surface area (TPSA) is 110 Å². The molecule has 0 saturated heterocycles. The summed E-state index contributed by atoms with van der Waals surface area (Å²) in [5.74, 6) is 0.0809. The van der Waals surface area contributed by atoms with Gasteiger partial charge in [0.25, 0.3) is 5.69 Å². The van der Waals surface area contributed by atoms with Gasteiger partial charge in [0.15, 0.2) is 0 Å². The Labute approximate surface area is 130 Å². The number of nitro groups is 1. The van der Waals surface area contributed by atoms with E-state index < -0.39 is 10.5 Å². The molecule has 1 atom stereocenters. The molecule has 1 aromatic carbocycles. The van der Waals surface area contributed by atoms with Crippen molar-refractivity contribution in [1.29, 1.82) is 0 Å². The Morgan fingerprint density at radius 2 is 2.05 bits per heavy atom. The molecule has 1 rings (SSSR count). The second-order valence-corrected chi connectivity index (χ2v) is 5.78. The molecule has 0 saturated carbocycles. The standard InChI is InChI=1S/C15H24N4O3/c1-11(2)15(3,10-16)18-14(20)8-9-17-12-6-4-5-7-13(12)19(21)22/h4-7,11,17H,8-10,16H2,1-3H3,(H,18,20). The number of nitrogens with zero attached hydrogens (tertiary/aromatic N) is 1. The number of para-hydroxylation sites is 2. The fraction of sp³-hybridized carbons (Fsp3) is 0.533. The second kappa shape index (κ2) is 7.74. The van der Waals surface area contributed by atoms with Crippen LogP contribution in [0, 0.1) is 16.0 Å². The summed E-state index contributed by atoms with van der Waals surface area (Å²) in [5, 5.41) is 16.7. The minimum absolute atomic E-state index is 0.00288. The third-order valence-electron chi connectivity index (χ3n) is 3.89. The Morgan fingerprint density at radius 3 is 2.59 bits per heavy atom. The van der Waals surface area contributed by atoms with Crippen LogP contribution in [0.1, 0.15) is 27.2 Å². The highest BCUT2D eigenvalue weighted by Crippen LogP contribution is 2.23. The molecule has 0 spiro atoms. The first-order valence-corrected chi connectivity index (χ1v) is 7.28. The van der Waals surface area contributed by atoms with Crippen LogP contribution in [0.15, 0.2) is 24.3 Å². The van der Waals surface area contributed by atoms with Crippen molar-refractivity contribution < 1.29 is 9.72 Å². The molecule has 0 bridgehead atoms. The predicted octanol–water partition coefficient (Wildman–Crippen LogP) is 1.89. The predicted molar refractivity (Wildman–Crippen MR) is 86.6 cm³/mol. The van der Waals surface area contributed by atoms with Crippen molar-refractivity contribution in [2.75, 3.05) is 18.4 Å². The number of carbonyl (C=O) groups is 1. The first kappa shape index (κ1) is 17.9. The van der Waals surface area contributed by atoms with Crippen LogP contribution in [0.5, 0.6) is 0 Å². The number of amides is 1. The quantitative estimate of drug-likeness (QED) is 0.501. The van der Waals surface area contributed by atoms with Crippen molar-refractivity contribution in [2.45, 2.75) is 32.7 Å². The smallest absolute Gasteiger partial charge is 0.292 e. The zero-order chi connectivity index (χ0) is 16.8. The second-order valence-electron chi connectivity index (χ2n) is 5.78. The Hall–Kier alpha value is -2.15. The number of hydrogen-bond donors (Lipinski definition) is 3. The van der Waals surface area contributed by atoms with Crippen LogP contribution in [-0.4, -0.2) is 29.5 Å². The van der Waals surface area contributed by atoms with E-state index in [1.54, 1.807) is 18.2 Å². The van der Waals surface area contributed by atoms with Gasteiger partial charge in [0, 0.05) is 25.6 Å². The van der Waals surface area contributed by atoms with Gasteiger partial charge in [0.1, 0.15) is 5.69 Å². The van der Waals surface area contributed by atoms with E-state index in [0.29, 0.717) is 18.8 Å². The normalized spacial score (nSPS) is 13.5. The van der Waals surface area contributed by atoms with E-state index in [9.17, 15) is 14.9 Å². The Balaban J connectivity index is 2.55. The molecule has 0 aliphatic rings. The van der Waals surface area contributed by atoms with Gasteiger partial charge in [-0.1, -0.05) is 26.0 Å². The number of carbonyl (C=O) groups excluding carboxylic acids is 1. The Bertz CT molecular complexity index is 533. The fourth-order valence-electron chi connectivity index (χ4n) is 1.91. The van der Waals surface area contributed by atoms with E-state index in [4.69, 9.17) is 5.73 Å². The molecule has 0 aliphatic heterocycles. The maximum absolute atomic E-state index is 12.0.